The smallest absolute Gasteiger partial charge is 0.0998 e. The van der Waals surface area contributed by atoms with E-state index in [4.69, 9.17) is 11.6 Å². The zero-order chi connectivity index (χ0) is 16.7. The fourth-order valence-corrected chi connectivity index (χ4v) is 4.92. The first-order valence-electron chi connectivity index (χ1n) is 8.30. The molecular formula is C19H21ClN2OS. The summed E-state index contributed by atoms with van der Waals surface area (Å²) in [6.45, 7) is 3.95. The number of piperazine rings is 1. The average molecular weight is 361 g/mol. The lowest BCUT2D eigenvalue weighted by atomic mass is 9.94. The van der Waals surface area contributed by atoms with Crippen LogP contribution in [0.15, 0.2) is 52.3 Å². The second-order valence-electron chi connectivity index (χ2n) is 6.55. The van der Waals surface area contributed by atoms with Crippen LogP contribution in [0.1, 0.15) is 23.3 Å². The van der Waals surface area contributed by atoms with Crippen molar-refractivity contribution in [3.8, 4) is 0 Å². The van der Waals surface area contributed by atoms with Gasteiger partial charge in [0.1, 0.15) is 0 Å². The van der Waals surface area contributed by atoms with Crippen LogP contribution in [0.4, 0.5) is 0 Å². The van der Waals surface area contributed by atoms with Gasteiger partial charge >= 0.3 is 0 Å². The third-order valence-electron chi connectivity index (χ3n) is 4.98. The molecule has 2 aromatic rings. The maximum atomic E-state index is 11.2. The number of nitrogens with zero attached hydrogens (tertiary/aromatic N) is 2. The van der Waals surface area contributed by atoms with Crippen molar-refractivity contribution in [3.63, 3.8) is 0 Å². The van der Waals surface area contributed by atoms with E-state index in [-0.39, 0.29) is 6.04 Å². The SMILES string of the molecule is CN1CCN([C@@H]2c3cc(Cl)ccc3Sc3ccccc3[C@@H]2O)CC1. The first kappa shape index (κ1) is 16.4. The predicted molar refractivity (Wildman–Crippen MR) is 98.8 cm³/mol. The van der Waals surface area contributed by atoms with Crippen molar-refractivity contribution < 1.29 is 5.11 Å². The van der Waals surface area contributed by atoms with E-state index in [1.165, 1.54) is 4.90 Å². The molecule has 2 aliphatic rings. The van der Waals surface area contributed by atoms with E-state index in [1.54, 1.807) is 11.8 Å². The standard InChI is InChI=1S/C19H21ClN2OS/c1-21-8-10-22(11-9-21)18-15-12-13(20)6-7-17(15)24-16-5-3-2-4-14(16)19(18)23/h2-7,12,18-19,23H,8-11H2,1H3/t18-,19+/m1/s1. The fraction of sp³-hybridized carbons (Fsp3) is 0.368. The predicted octanol–water partition coefficient (Wildman–Crippen LogP) is 3.83. The molecule has 3 nitrogen and oxygen atoms in total. The largest absolute Gasteiger partial charge is 0.386 e. The number of halogens is 1. The van der Waals surface area contributed by atoms with Gasteiger partial charge in [-0.25, -0.2) is 0 Å². The third kappa shape index (κ3) is 2.98. The van der Waals surface area contributed by atoms with E-state index >= 15 is 0 Å². The first-order chi connectivity index (χ1) is 11.6. The summed E-state index contributed by atoms with van der Waals surface area (Å²) in [5.41, 5.74) is 2.15. The maximum absolute atomic E-state index is 11.2. The van der Waals surface area contributed by atoms with Crippen LogP contribution in [0, 0.1) is 0 Å². The third-order valence-corrected chi connectivity index (χ3v) is 6.40. The number of rotatable bonds is 1. The molecule has 2 aliphatic heterocycles. The van der Waals surface area contributed by atoms with Gasteiger partial charge in [0.2, 0.25) is 0 Å². The highest BCUT2D eigenvalue weighted by Crippen LogP contribution is 2.48. The Balaban J connectivity index is 1.82. The monoisotopic (exact) mass is 360 g/mol. The zero-order valence-corrected chi connectivity index (χ0v) is 15.2. The normalized spacial score (nSPS) is 25.0. The minimum Gasteiger partial charge on any atom is -0.386 e. The minimum absolute atomic E-state index is 0.0523. The number of hydrogen-bond donors (Lipinski definition) is 1. The maximum Gasteiger partial charge on any atom is 0.0998 e. The molecule has 0 amide bonds. The zero-order valence-electron chi connectivity index (χ0n) is 13.7. The minimum atomic E-state index is -0.545. The van der Waals surface area contributed by atoms with Crippen molar-refractivity contribution >= 4 is 23.4 Å². The van der Waals surface area contributed by atoms with Crippen LogP contribution in [-0.4, -0.2) is 48.1 Å². The Morgan fingerprint density at radius 3 is 2.50 bits per heavy atom. The van der Waals surface area contributed by atoms with Gasteiger partial charge in [0.05, 0.1) is 12.1 Å². The molecule has 1 saturated heterocycles. The molecule has 0 radical (unpaired) electrons. The van der Waals surface area contributed by atoms with Crippen LogP contribution in [0.2, 0.25) is 5.02 Å². The molecule has 0 saturated carbocycles. The second-order valence-corrected chi connectivity index (χ2v) is 8.07. The molecular weight excluding hydrogens is 340 g/mol. The van der Waals surface area contributed by atoms with Crippen molar-refractivity contribution in [2.24, 2.45) is 0 Å². The summed E-state index contributed by atoms with van der Waals surface area (Å²) < 4.78 is 0. The number of likely N-dealkylation sites (N-methyl/N-ethyl adjacent to an activating group) is 1. The van der Waals surface area contributed by atoms with Gasteiger partial charge in [-0.05, 0) is 42.4 Å². The summed E-state index contributed by atoms with van der Waals surface area (Å²) in [5, 5.41) is 12.0. The quantitative estimate of drug-likeness (QED) is 0.836. The van der Waals surface area contributed by atoms with Gasteiger partial charge in [0.15, 0.2) is 0 Å². The Kier molecular flexibility index (Phi) is 4.58. The Hall–Kier alpha value is -1.04. The highest BCUT2D eigenvalue weighted by Gasteiger charge is 2.35. The highest BCUT2D eigenvalue weighted by molar-refractivity contribution is 7.99. The van der Waals surface area contributed by atoms with Crippen LogP contribution in [0.25, 0.3) is 0 Å². The van der Waals surface area contributed by atoms with Gasteiger partial charge in [-0.3, -0.25) is 4.90 Å². The molecule has 0 unspecified atom stereocenters. The van der Waals surface area contributed by atoms with Gasteiger partial charge in [-0.15, -0.1) is 0 Å². The summed E-state index contributed by atoms with van der Waals surface area (Å²) in [7, 11) is 2.15. The van der Waals surface area contributed by atoms with Crippen LogP contribution >= 0.6 is 23.4 Å². The highest BCUT2D eigenvalue weighted by atomic mass is 35.5. The molecule has 2 heterocycles. The van der Waals surface area contributed by atoms with Crippen molar-refractivity contribution in [1.82, 2.24) is 9.80 Å². The van der Waals surface area contributed by atoms with E-state index in [2.05, 4.69) is 29.0 Å². The van der Waals surface area contributed by atoms with E-state index in [1.807, 2.05) is 30.3 Å². The summed E-state index contributed by atoms with van der Waals surface area (Å²) in [6, 6.07) is 14.2. The van der Waals surface area contributed by atoms with Gasteiger partial charge in [0.25, 0.3) is 0 Å². The molecule has 1 N–H and O–H groups in total. The molecule has 2 aromatic carbocycles. The van der Waals surface area contributed by atoms with Crippen LogP contribution in [-0.2, 0) is 0 Å². The lowest BCUT2D eigenvalue weighted by Gasteiger charge is -2.40. The van der Waals surface area contributed by atoms with Crippen molar-refractivity contribution in [2.45, 2.75) is 21.9 Å². The Morgan fingerprint density at radius 1 is 1.00 bits per heavy atom. The molecule has 2 atom stereocenters. The van der Waals surface area contributed by atoms with Gasteiger partial charge in [-0.1, -0.05) is 41.6 Å². The molecule has 4 rings (SSSR count). The van der Waals surface area contributed by atoms with Crippen molar-refractivity contribution in [2.75, 3.05) is 33.2 Å². The molecule has 0 aromatic heterocycles. The molecule has 0 bridgehead atoms. The van der Waals surface area contributed by atoms with Crippen LogP contribution < -0.4 is 0 Å². The Morgan fingerprint density at radius 2 is 1.71 bits per heavy atom. The van der Waals surface area contributed by atoms with Crippen molar-refractivity contribution in [3.05, 3.63) is 58.6 Å². The fourth-order valence-electron chi connectivity index (χ4n) is 3.62. The van der Waals surface area contributed by atoms with E-state index < -0.39 is 6.10 Å². The van der Waals surface area contributed by atoms with Gasteiger partial charge < -0.3 is 10.0 Å². The summed E-state index contributed by atoms with van der Waals surface area (Å²) in [6.07, 6.45) is -0.545. The van der Waals surface area contributed by atoms with Crippen molar-refractivity contribution in [1.29, 1.82) is 0 Å². The molecule has 24 heavy (non-hydrogen) atoms. The number of aliphatic hydroxyl groups is 1. The summed E-state index contributed by atoms with van der Waals surface area (Å²) in [5.74, 6) is 0. The number of aliphatic hydroxyl groups excluding tert-OH is 1. The lowest BCUT2D eigenvalue weighted by Crippen LogP contribution is -2.47. The van der Waals surface area contributed by atoms with Gasteiger partial charge in [0, 0.05) is 41.0 Å². The molecule has 0 spiro atoms. The number of fused-ring (bicyclic) bond motifs is 2. The summed E-state index contributed by atoms with van der Waals surface area (Å²) in [4.78, 5) is 7.06. The number of benzene rings is 2. The Labute approximate surface area is 152 Å². The summed E-state index contributed by atoms with van der Waals surface area (Å²) >= 11 is 8.03. The number of hydrogen-bond acceptors (Lipinski definition) is 4. The van der Waals surface area contributed by atoms with Gasteiger partial charge in [-0.2, -0.15) is 0 Å². The lowest BCUT2D eigenvalue weighted by molar-refractivity contribution is 0.0195. The molecule has 5 heteroatoms. The Bertz CT molecular complexity index is 746. The molecule has 0 aliphatic carbocycles. The molecule has 1 fully saturated rings. The van der Waals surface area contributed by atoms with Crippen LogP contribution in [0.5, 0.6) is 0 Å². The first-order valence-corrected chi connectivity index (χ1v) is 9.50. The average Bonchev–Trinajstić information content (AvgIpc) is 2.70. The van der Waals surface area contributed by atoms with E-state index in [0.717, 1.165) is 47.2 Å². The van der Waals surface area contributed by atoms with E-state index in [0.29, 0.717) is 0 Å². The molecule has 126 valence electrons. The second kappa shape index (κ2) is 6.70. The van der Waals surface area contributed by atoms with E-state index in [9.17, 15) is 5.11 Å². The topological polar surface area (TPSA) is 26.7 Å². The van der Waals surface area contributed by atoms with Crippen LogP contribution in [0.3, 0.4) is 0 Å².